The summed E-state index contributed by atoms with van der Waals surface area (Å²) in [7, 11) is 0. The molecular weight excluding hydrogens is 392 g/mol. The van der Waals surface area contributed by atoms with Crippen LogP contribution in [0.3, 0.4) is 0 Å². The molecule has 0 spiro atoms. The Kier molecular flexibility index (Phi) is 6.03. The first-order valence-electron chi connectivity index (χ1n) is 9.16. The molecule has 29 heavy (non-hydrogen) atoms. The van der Waals surface area contributed by atoms with Crippen LogP contribution >= 0.6 is 11.6 Å². The van der Waals surface area contributed by atoms with Crippen LogP contribution in [0.4, 0.5) is 0 Å². The molecular formula is C22H20ClN2O4-. The van der Waals surface area contributed by atoms with E-state index in [4.69, 9.17) is 11.6 Å². The van der Waals surface area contributed by atoms with E-state index >= 15 is 0 Å². The largest absolute Gasteiger partial charge is 0.548 e. The van der Waals surface area contributed by atoms with E-state index in [-0.39, 0.29) is 11.8 Å². The predicted octanol–water partition coefficient (Wildman–Crippen LogP) is 2.40. The summed E-state index contributed by atoms with van der Waals surface area (Å²) < 4.78 is 0. The lowest BCUT2D eigenvalue weighted by molar-refractivity contribution is -0.305. The standard InChI is InChI=1S/C22H21ClN2O4/c1-14(2)20-22(29)24(13-19(26)27)18(15-6-4-3-5-7-15)12-25(20)21(28)16-8-10-17(23)11-9-16/h3-12,14,20H,13H2,1-2H3,(H,26,27)/p-1. The third-order valence-electron chi connectivity index (χ3n) is 4.68. The Morgan fingerprint density at radius 2 is 1.69 bits per heavy atom. The smallest absolute Gasteiger partial charge is 0.258 e. The average Bonchev–Trinajstić information content (AvgIpc) is 2.69. The van der Waals surface area contributed by atoms with Crippen LogP contribution < -0.4 is 5.11 Å². The van der Waals surface area contributed by atoms with Crippen molar-refractivity contribution in [2.45, 2.75) is 19.9 Å². The summed E-state index contributed by atoms with van der Waals surface area (Å²) in [6.45, 7) is 3.03. The summed E-state index contributed by atoms with van der Waals surface area (Å²) in [4.78, 5) is 40.3. The number of halogens is 1. The van der Waals surface area contributed by atoms with Crippen molar-refractivity contribution in [2.75, 3.05) is 6.54 Å². The maximum atomic E-state index is 13.3. The van der Waals surface area contributed by atoms with E-state index in [2.05, 4.69) is 0 Å². The van der Waals surface area contributed by atoms with E-state index in [1.54, 1.807) is 54.7 Å². The van der Waals surface area contributed by atoms with Gasteiger partial charge in [-0.2, -0.15) is 0 Å². The number of carbonyl (C=O) groups is 3. The summed E-state index contributed by atoms with van der Waals surface area (Å²) in [5.74, 6) is -2.44. The van der Waals surface area contributed by atoms with Gasteiger partial charge in [0, 0.05) is 16.8 Å². The van der Waals surface area contributed by atoms with Crippen molar-refractivity contribution in [1.82, 2.24) is 9.80 Å². The first-order chi connectivity index (χ1) is 13.8. The quantitative estimate of drug-likeness (QED) is 0.756. The monoisotopic (exact) mass is 411 g/mol. The molecule has 150 valence electrons. The molecule has 2 amide bonds. The molecule has 1 atom stereocenters. The van der Waals surface area contributed by atoms with Crippen molar-refractivity contribution in [3.63, 3.8) is 0 Å². The number of rotatable bonds is 5. The number of hydrogen-bond acceptors (Lipinski definition) is 4. The zero-order valence-electron chi connectivity index (χ0n) is 16.0. The van der Waals surface area contributed by atoms with Gasteiger partial charge in [0.05, 0.1) is 18.2 Å². The van der Waals surface area contributed by atoms with E-state index in [1.165, 1.54) is 9.80 Å². The normalized spacial score (nSPS) is 16.8. The highest BCUT2D eigenvalue weighted by Gasteiger charge is 2.40. The Labute approximate surface area is 174 Å². The summed E-state index contributed by atoms with van der Waals surface area (Å²) in [5.41, 5.74) is 1.34. The van der Waals surface area contributed by atoms with Gasteiger partial charge < -0.3 is 19.7 Å². The van der Waals surface area contributed by atoms with Crippen molar-refractivity contribution in [2.24, 2.45) is 5.92 Å². The van der Waals surface area contributed by atoms with Gasteiger partial charge in [0.25, 0.3) is 11.8 Å². The number of carbonyl (C=O) groups excluding carboxylic acids is 3. The van der Waals surface area contributed by atoms with Crippen LogP contribution in [0.25, 0.3) is 5.70 Å². The first kappa shape index (κ1) is 20.6. The highest BCUT2D eigenvalue weighted by Crippen LogP contribution is 2.31. The van der Waals surface area contributed by atoms with E-state index in [0.717, 1.165) is 0 Å². The number of nitrogens with zero attached hydrogens (tertiary/aromatic N) is 2. The lowest BCUT2D eigenvalue weighted by atomic mass is 9.96. The fraction of sp³-hybridized carbons (Fsp3) is 0.227. The molecule has 0 saturated heterocycles. The molecule has 7 heteroatoms. The third kappa shape index (κ3) is 4.32. The van der Waals surface area contributed by atoms with Gasteiger partial charge in [-0.15, -0.1) is 0 Å². The molecule has 3 rings (SSSR count). The predicted molar refractivity (Wildman–Crippen MR) is 107 cm³/mol. The summed E-state index contributed by atoms with van der Waals surface area (Å²) >= 11 is 5.92. The second-order valence-electron chi connectivity index (χ2n) is 7.08. The molecule has 0 saturated carbocycles. The molecule has 0 fully saturated rings. The van der Waals surface area contributed by atoms with Gasteiger partial charge >= 0.3 is 0 Å². The maximum absolute atomic E-state index is 13.3. The number of carboxylic acids is 1. The molecule has 1 unspecified atom stereocenters. The van der Waals surface area contributed by atoms with Gasteiger partial charge in [-0.3, -0.25) is 9.59 Å². The SMILES string of the molecule is CC(C)C1C(=O)N(CC(=O)[O-])C(c2ccccc2)=CN1C(=O)c1ccc(Cl)cc1. The molecule has 0 radical (unpaired) electrons. The van der Waals surface area contributed by atoms with Crippen molar-refractivity contribution < 1.29 is 19.5 Å². The van der Waals surface area contributed by atoms with Crippen LogP contribution in [0.5, 0.6) is 0 Å². The molecule has 2 aromatic carbocycles. The van der Waals surface area contributed by atoms with Crippen LogP contribution in [-0.2, 0) is 9.59 Å². The van der Waals surface area contributed by atoms with Gasteiger partial charge in [0.15, 0.2) is 0 Å². The molecule has 0 aromatic heterocycles. The average molecular weight is 412 g/mol. The molecule has 0 bridgehead atoms. The minimum absolute atomic E-state index is 0.239. The van der Waals surface area contributed by atoms with Crippen LogP contribution in [0.2, 0.25) is 5.02 Å². The molecule has 1 heterocycles. The fourth-order valence-corrected chi connectivity index (χ4v) is 3.47. The molecule has 0 aliphatic carbocycles. The van der Waals surface area contributed by atoms with Gasteiger partial charge in [0.1, 0.15) is 6.04 Å². The van der Waals surface area contributed by atoms with E-state index < -0.39 is 24.5 Å². The lowest BCUT2D eigenvalue weighted by Crippen LogP contribution is -2.56. The number of carboxylic acid groups (broad SMARTS) is 1. The number of aliphatic carboxylic acids is 1. The minimum atomic E-state index is -1.37. The number of benzene rings is 2. The number of amides is 2. The second-order valence-corrected chi connectivity index (χ2v) is 7.52. The topological polar surface area (TPSA) is 80.8 Å². The fourth-order valence-electron chi connectivity index (χ4n) is 3.34. The van der Waals surface area contributed by atoms with E-state index in [1.807, 2.05) is 19.9 Å². The highest BCUT2D eigenvalue weighted by atomic mass is 35.5. The lowest BCUT2D eigenvalue weighted by Gasteiger charge is -2.41. The molecule has 6 nitrogen and oxygen atoms in total. The molecule has 1 aliphatic rings. The summed E-state index contributed by atoms with van der Waals surface area (Å²) in [6, 6.07) is 14.4. The number of hydrogen-bond donors (Lipinski definition) is 0. The van der Waals surface area contributed by atoms with Crippen molar-refractivity contribution in [3.8, 4) is 0 Å². The Morgan fingerprint density at radius 3 is 2.24 bits per heavy atom. The van der Waals surface area contributed by atoms with Crippen LogP contribution in [0.15, 0.2) is 60.8 Å². The van der Waals surface area contributed by atoms with Crippen molar-refractivity contribution in [3.05, 3.63) is 76.9 Å². The van der Waals surface area contributed by atoms with Gasteiger partial charge in [-0.05, 0) is 35.7 Å². The third-order valence-corrected chi connectivity index (χ3v) is 4.94. The highest BCUT2D eigenvalue weighted by molar-refractivity contribution is 6.30. The van der Waals surface area contributed by atoms with Crippen LogP contribution in [-0.4, -0.2) is 40.2 Å². The van der Waals surface area contributed by atoms with E-state index in [0.29, 0.717) is 21.8 Å². The second kappa shape index (κ2) is 8.49. The first-order valence-corrected chi connectivity index (χ1v) is 9.54. The van der Waals surface area contributed by atoms with Gasteiger partial charge in [-0.1, -0.05) is 55.8 Å². The molecule has 2 aromatic rings. The Hall–Kier alpha value is -3.12. The van der Waals surface area contributed by atoms with E-state index in [9.17, 15) is 19.5 Å². The zero-order valence-corrected chi connectivity index (χ0v) is 16.8. The molecule has 1 aliphatic heterocycles. The van der Waals surface area contributed by atoms with Crippen LogP contribution in [0.1, 0.15) is 29.8 Å². The Bertz CT molecular complexity index is 955. The Balaban J connectivity index is 2.13. The van der Waals surface area contributed by atoms with Crippen molar-refractivity contribution >= 4 is 35.1 Å². The van der Waals surface area contributed by atoms with Crippen LogP contribution in [0, 0.1) is 5.92 Å². The minimum Gasteiger partial charge on any atom is -0.548 e. The Morgan fingerprint density at radius 1 is 1.07 bits per heavy atom. The van der Waals surface area contributed by atoms with Gasteiger partial charge in [0.2, 0.25) is 0 Å². The van der Waals surface area contributed by atoms with Gasteiger partial charge in [-0.25, -0.2) is 0 Å². The summed E-state index contributed by atoms with van der Waals surface area (Å²) in [6.07, 6.45) is 1.54. The summed E-state index contributed by atoms with van der Waals surface area (Å²) in [5, 5.41) is 11.8. The van der Waals surface area contributed by atoms with Crippen molar-refractivity contribution in [1.29, 1.82) is 0 Å². The zero-order chi connectivity index (χ0) is 21.1. The molecule has 0 N–H and O–H groups in total. The maximum Gasteiger partial charge on any atom is 0.258 e.